The van der Waals surface area contributed by atoms with Gasteiger partial charge in [-0.2, -0.15) is 0 Å². The van der Waals surface area contributed by atoms with E-state index in [1.807, 2.05) is 13.0 Å². The molecule has 0 saturated carbocycles. The number of halogens is 2. The largest absolute Gasteiger partial charge is 0.272 e. The molecule has 19 heavy (non-hydrogen) atoms. The van der Waals surface area contributed by atoms with Crippen LogP contribution in [-0.4, -0.2) is 4.92 Å². The number of para-hydroxylation sites is 1. The lowest BCUT2D eigenvalue weighted by atomic mass is 10.1. The van der Waals surface area contributed by atoms with Crippen molar-refractivity contribution in [1.29, 1.82) is 0 Å². The molecule has 0 radical (unpaired) electrons. The molecule has 1 atom stereocenters. The Morgan fingerprint density at radius 2 is 2.16 bits per heavy atom. The molecule has 6 heteroatoms. The van der Waals surface area contributed by atoms with Gasteiger partial charge in [-0.15, -0.1) is 22.9 Å². The molecule has 1 unspecified atom stereocenters. The molecule has 2 rings (SSSR count). The zero-order valence-corrected chi connectivity index (χ0v) is 13.3. The second-order valence-electron chi connectivity index (χ2n) is 4.16. The number of nitro groups is 1. The lowest BCUT2D eigenvalue weighted by Gasteiger charge is -2.07. The predicted octanol–water partition coefficient (Wildman–Crippen LogP) is 5.25. The number of nitrogens with zero attached hydrogens (tertiary/aromatic N) is 1. The van der Waals surface area contributed by atoms with Crippen molar-refractivity contribution in [2.24, 2.45) is 0 Å². The first-order valence-corrected chi connectivity index (χ1v) is 7.66. The van der Waals surface area contributed by atoms with E-state index in [2.05, 4.69) is 15.9 Å². The van der Waals surface area contributed by atoms with Gasteiger partial charge in [-0.05, 0) is 34.5 Å². The highest BCUT2D eigenvalue weighted by molar-refractivity contribution is 9.11. The summed E-state index contributed by atoms with van der Waals surface area (Å²) in [5, 5.41) is 10.7. The van der Waals surface area contributed by atoms with Crippen LogP contribution >= 0.6 is 38.9 Å². The Hall–Kier alpha value is -0.910. The Labute approximate surface area is 128 Å². The quantitative estimate of drug-likeness (QED) is 0.424. The molecule has 0 N–H and O–H groups in total. The third-order valence-electron chi connectivity index (χ3n) is 2.77. The molecule has 0 aliphatic carbocycles. The van der Waals surface area contributed by atoms with Crippen LogP contribution in [0.1, 0.15) is 21.4 Å². The second-order valence-corrected chi connectivity index (χ2v) is 7.09. The number of aryl methyl sites for hydroxylation is 1. The summed E-state index contributed by atoms with van der Waals surface area (Å²) in [5.74, 6) is 0. The number of benzene rings is 1. The van der Waals surface area contributed by atoms with Crippen LogP contribution in [0.3, 0.4) is 0 Å². The van der Waals surface area contributed by atoms with Crippen LogP contribution in [0.4, 0.5) is 5.69 Å². The summed E-state index contributed by atoms with van der Waals surface area (Å²) < 4.78 is 1.05. The first kappa shape index (κ1) is 14.5. The van der Waals surface area contributed by atoms with Gasteiger partial charge in [0.25, 0.3) is 5.69 Å². The highest BCUT2D eigenvalue weighted by atomic mass is 79.9. The summed E-state index contributed by atoms with van der Waals surface area (Å²) in [7, 11) is 0. The van der Waals surface area contributed by atoms with E-state index >= 15 is 0 Å². The van der Waals surface area contributed by atoms with Crippen molar-refractivity contribution in [3.05, 3.63) is 60.2 Å². The predicted molar refractivity (Wildman–Crippen MR) is 82.2 cm³/mol. The SMILES string of the molecule is Cc1cc(C(Cl)Cc2ccccc2[N+](=O)[O-])sc1Br. The normalized spacial score (nSPS) is 12.4. The fourth-order valence-corrected chi connectivity index (χ4v) is 3.70. The van der Waals surface area contributed by atoms with Gasteiger partial charge in [-0.25, -0.2) is 0 Å². The van der Waals surface area contributed by atoms with Crippen LogP contribution in [0.15, 0.2) is 34.1 Å². The van der Waals surface area contributed by atoms with Gasteiger partial charge in [0, 0.05) is 22.9 Å². The average Bonchev–Trinajstić information content (AvgIpc) is 2.70. The van der Waals surface area contributed by atoms with Gasteiger partial charge in [0.1, 0.15) is 0 Å². The lowest BCUT2D eigenvalue weighted by Crippen LogP contribution is -1.99. The van der Waals surface area contributed by atoms with Crippen molar-refractivity contribution < 1.29 is 4.92 Å². The molecular weight excluding hydrogens is 350 g/mol. The Bertz CT molecular complexity index is 595. The lowest BCUT2D eigenvalue weighted by molar-refractivity contribution is -0.385. The maximum absolute atomic E-state index is 11.0. The summed E-state index contributed by atoms with van der Waals surface area (Å²) in [4.78, 5) is 11.6. The van der Waals surface area contributed by atoms with Crippen LogP contribution in [0, 0.1) is 17.0 Å². The van der Waals surface area contributed by atoms with Gasteiger partial charge in [-0.3, -0.25) is 10.1 Å². The third-order valence-corrected chi connectivity index (χ3v) is 5.54. The zero-order valence-electron chi connectivity index (χ0n) is 10.1. The fraction of sp³-hybridized carbons (Fsp3) is 0.231. The molecule has 0 aliphatic heterocycles. The summed E-state index contributed by atoms with van der Waals surface area (Å²) in [6.07, 6.45) is 0.450. The van der Waals surface area contributed by atoms with Crippen molar-refractivity contribution in [1.82, 2.24) is 0 Å². The highest BCUT2D eigenvalue weighted by Gasteiger charge is 2.19. The molecule has 0 fully saturated rings. The molecule has 100 valence electrons. The molecular formula is C13H11BrClNO2S. The molecule has 0 saturated heterocycles. The number of thiophene rings is 1. The smallest absolute Gasteiger partial charge is 0.258 e. The summed E-state index contributed by atoms with van der Waals surface area (Å²) in [6.45, 7) is 2.00. The van der Waals surface area contributed by atoms with Crippen molar-refractivity contribution in [3.63, 3.8) is 0 Å². The van der Waals surface area contributed by atoms with E-state index in [1.165, 1.54) is 6.07 Å². The minimum absolute atomic E-state index is 0.125. The van der Waals surface area contributed by atoms with Crippen molar-refractivity contribution >= 4 is 44.6 Å². The maximum atomic E-state index is 11.0. The minimum Gasteiger partial charge on any atom is -0.258 e. The zero-order chi connectivity index (χ0) is 14.0. The molecule has 1 aromatic heterocycles. The summed E-state index contributed by atoms with van der Waals surface area (Å²) >= 11 is 11.4. The number of alkyl halides is 1. The third kappa shape index (κ3) is 3.35. The van der Waals surface area contributed by atoms with Gasteiger partial charge < -0.3 is 0 Å². The Balaban J connectivity index is 2.24. The minimum atomic E-state index is -0.367. The molecule has 0 aliphatic rings. The van der Waals surface area contributed by atoms with E-state index in [-0.39, 0.29) is 16.0 Å². The molecule has 0 bridgehead atoms. The van der Waals surface area contributed by atoms with E-state index in [0.717, 1.165) is 14.2 Å². The van der Waals surface area contributed by atoms with Crippen LogP contribution < -0.4 is 0 Å². The Morgan fingerprint density at radius 1 is 1.47 bits per heavy atom. The van der Waals surface area contributed by atoms with Crippen LogP contribution in [0.25, 0.3) is 0 Å². The molecule has 1 heterocycles. The number of nitro benzene ring substituents is 1. The van der Waals surface area contributed by atoms with Gasteiger partial charge in [0.2, 0.25) is 0 Å². The Kier molecular flexibility index (Phi) is 4.60. The highest BCUT2D eigenvalue weighted by Crippen LogP contribution is 2.37. The average molecular weight is 361 g/mol. The van der Waals surface area contributed by atoms with Crippen molar-refractivity contribution in [3.8, 4) is 0 Å². The standard InChI is InChI=1S/C13H11BrClNO2S/c1-8-6-12(19-13(8)14)10(15)7-9-4-2-3-5-11(9)16(17)18/h2-6,10H,7H2,1H3. The van der Waals surface area contributed by atoms with E-state index in [0.29, 0.717) is 12.0 Å². The monoisotopic (exact) mass is 359 g/mol. The van der Waals surface area contributed by atoms with Gasteiger partial charge in [0.15, 0.2) is 0 Å². The topological polar surface area (TPSA) is 43.1 Å². The summed E-state index contributed by atoms with van der Waals surface area (Å²) in [5.41, 5.74) is 1.92. The first-order chi connectivity index (χ1) is 8.99. The molecule has 2 aromatic rings. The molecule has 3 nitrogen and oxygen atoms in total. The maximum Gasteiger partial charge on any atom is 0.272 e. The van der Waals surface area contributed by atoms with Gasteiger partial charge >= 0.3 is 0 Å². The second kappa shape index (κ2) is 6.03. The van der Waals surface area contributed by atoms with Crippen molar-refractivity contribution in [2.75, 3.05) is 0 Å². The van der Waals surface area contributed by atoms with E-state index < -0.39 is 0 Å². The van der Waals surface area contributed by atoms with Crippen LogP contribution in [-0.2, 0) is 6.42 Å². The van der Waals surface area contributed by atoms with Crippen LogP contribution in [0.5, 0.6) is 0 Å². The Morgan fingerprint density at radius 3 is 2.74 bits per heavy atom. The number of rotatable bonds is 4. The first-order valence-electron chi connectivity index (χ1n) is 5.61. The van der Waals surface area contributed by atoms with E-state index in [9.17, 15) is 10.1 Å². The van der Waals surface area contributed by atoms with E-state index in [4.69, 9.17) is 11.6 Å². The molecule has 1 aromatic carbocycles. The van der Waals surface area contributed by atoms with Crippen molar-refractivity contribution in [2.45, 2.75) is 18.7 Å². The fourth-order valence-electron chi connectivity index (χ4n) is 1.79. The molecule has 0 amide bonds. The number of hydrogen-bond acceptors (Lipinski definition) is 3. The van der Waals surface area contributed by atoms with Crippen LogP contribution in [0.2, 0.25) is 0 Å². The van der Waals surface area contributed by atoms with E-state index in [1.54, 1.807) is 29.5 Å². The van der Waals surface area contributed by atoms with Gasteiger partial charge in [-0.1, -0.05) is 18.2 Å². The molecule has 0 spiro atoms. The number of hydrogen-bond donors (Lipinski definition) is 0. The summed E-state index contributed by atoms with van der Waals surface area (Å²) in [6, 6.07) is 8.73. The van der Waals surface area contributed by atoms with Gasteiger partial charge in [0.05, 0.1) is 14.1 Å².